The summed E-state index contributed by atoms with van der Waals surface area (Å²) >= 11 is 0. The number of fused-ring (bicyclic) bond motifs is 1. The molecule has 0 spiro atoms. The monoisotopic (exact) mass is 369 g/mol. The number of hydrogen-bond acceptors (Lipinski definition) is 4. The van der Waals surface area contributed by atoms with Crippen LogP contribution in [0, 0.1) is 0 Å². The normalized spacial score (nSPS) is 17.0. The number of hydrogen-bond donors (Lipinski definition) is 0. The van der Waals surface area contributed by atoms with Crippen molar-refractivity contribution in [1.82, 2.24) is 0 Å². The van der Waals surface area contributed by atoms with Gasteiger partial charge in [0, 0.05) is 18.7 Å². The minimum absolute atomic E-state index is 0.0947. The van der Waals surface area contributed by atoms with Gasteiger partial charge in [-0.3, -0.25) is 4.79 Å². The molecule has 0 atom stereocenters. The Labute approximate surface area is 153 Å². The van der Waals surface area contributed by atoms with Gasteiger partial charge in [0.05, 0.1) is 4.91 Å². The van der Waals surface area contributed by atoms with E-state index in [2.05, 4.69) is 0 Å². The summed E-state index contributed by atoms with van der Waals surface area (Å²) in [5.74, 6) is 0.345. The highest BCUT2D eigenvalue weighted by Crippen LogP contribution is 2.30. The molecule has 1 fully saturated rings. The number of carbonyl (C=O) groups is 1. The Hall–Kier alpha value is -2.60. The second kappa shape index (κ2) is 6.61. The molecule has 0 unspecified atom stereocenters. The third-order valence-corrected chi connectivity index (χ3v) is 6.14. The Bertz CT molecular complexity index is 977. The van der Waals surface area contributed by atoms with E-state index in [1.807, 2.05) is 24.3 Å². The van der Waals surface area contributed by atoms with Crippen LogP contribution in [0.4, 0.5) is 5.69 Å². The van der Waals surface area contributed by atoms with E-state index in [-0.39, 0.29) is 16.6 Å². The van der Waals surface area contributed by atoms with Crippen LogP contribution < -0.4 is 9.08 Å². The van der Waals surface area contributed by atoms with Crippen LogP contribution in [0.25, 0.3) is 6.08 Å². The molecule has 1 heterocycles. The van der Waals surface area contributed by atoms with Gasteiger partial charge in [0.1, 0.15) is 5.75 Å². The van der Waals surface area contributed by atoms with Gasteiger partial charge >= 0.3 is 10.1 Å². The van der Waals surface area contributed by atoms with Crippen molar-refractivity contribution < 1.29 is 17.4 Å². The zero-order chi connectivity index (χ0) is 18.1. The predicted octanol–water partition coefficient (Wildman–Crippen LogP) is 3.51. The van der Waals surface area contributed by atoms with Crippen LogP contribution in [0.2, 0.25) is 0 Å². The third kappa shape index (κ3) is 3.24. The number of allylic oxidation sites excluding steroid dienone is 1. The van der Waals surface area contributed by atoms with Gasteiger partial charge < -0.3 is 9.08 Å². The Morgan fingerprint density at radius 3 is 2.42 bits per heavy atom. The minimum Gasteiger partial charge on any atom is -0.379 e. The van der Waals surface area contributed by atoms with Gasteiger partial charge in [-0.2, -0.15) is 8.42 Å². The fourth-order valence-corrected chi connectivity index (χ4v) is 4.48. The molecule has 5 nitrogen and oxygen atoms in total. The van der Waals surface area contributed by atoms with E-state index in [1.165, 1.54) is 0 Å². The van der Waals surface area contributed by atoms with Crippen molar-refractivity contribution in [2.45, 2.75) is 25.7 Å². The molecule has 1 aliphatic heterocycles. The van der Waals surface area contributed by atoms with Gasteiger partial charge in [-0.1, -0.05) is 24.3 Å². The van der Waals surface area contributed by atoms with Crippen molar-refractivity contribution in [3.63, 3.8) is 0 Å². The lowest BCUT2D eigenvalue weighted by molar-refractivity contribution is -0.117. The fourth-order valence-electron chi connectivity index (χ4n) is 3.39. The van der Waals surface area contributed by atoms with Crippen LogP contribution in [0.3, 0.4) is 0 Å². The molecule has 0 radical (unpaired) electrons. The molecule has 0 N–H and O–H groups in total. The molecular weight excluding hydrogens is 350 g/mol. The van der Waals surface area contributed by atoms with Crippen molar-refractivity contribution in [1.29, 1.82) is 0 Å². The first kappa shape index (κ1) is 16.8. The van der Waals surface area contributed by atoms with E-state index in [4.69, 9.17) is 4.18 Å². The zero-order valence-electron chi connectivity index (χ0n) is 14.2. The van der Waals surface area contributed by atoms with E-state index < -0.39 is 10.1 Å². The highest BCUT2D eigenvalue weighted by atomic mass is 32.2. The average molecular weight is 369 g/mol. The van der Waals surface area contributed by atoms with E-state index >= 15 is 0 Å². The van der Waals surface area contributed by atoms with E-state index in [9.17, 15) is 13.2 Å². The fraction of sp³-hybridized carbons (Fsp3) is 0.250. The largest absolute Gasteiger partial charge is 0.379 e. The molecule has 2 aromatic carbocycles. The molecule has 4 rings (SSSR count). The van der Waals surface area contributed by atoms with Gasteiger partial charge in [0.15, 0.2) is 0 Å². The topological polar surface area (TPSA) is 63.7 Å². The Morgan fingerprint density at radius 1 is 0.923 bits per heavy atom. The Balaban J connectivity index is 1.53. The van der Waals surface area contributed by atoms with Crippen LogP contribution in [0.1, 0.15) is 30.4 Å². The minimum atomic E-state index is -3.84. The highest BCUT2D eigenvalue weighted by molar-refractivity contribution is 7.91. The molecule has 134 valence electrons. The van der Waals surface area contributed by atoms with E-state index in [0.717, 1.165) is 23.2 Å². The number of carbonyl (C=O) groups excluding carboxylic acids is 1. The molecule has 0 bridgehead atoms. The summed E-state index contributed by atoms with van der Waals surface area (Å²) in [6, 6.07) is 14.4. The molecule has 0 saturated carbocycles. The van der Waals surface area contributed by atoms with Crippen molar-refractivity contribution in [3.8, 4) is 5.75 Å². The second-order valence-electron chi connectivity index (χ2n) is 6.49. The van der Waals surface area contributed by atoms with Crippen LogP contribution in [-0.4, -0.2) is 20.9 Å². The average Bonchev–Trinajstić information content (AvgIpc) is 3.07. The van der Waals surface area contributed by atoms with Crippen molar-refractivity contribution in [3.05, 3.63) is 64.6 Å². The maximum Gasteiger partial charge on any atom is 0.335 e. The van der Waals surface area contributed by atoms with Crippen LogP contribution >= 0.6 is 0 Å². The molecular formula is C20H19NO4S. The second-order valence-corrected chi connectivity index (χ2v) is 8.09. The summed E-state index contributed by atoms with van der Waals surface area (Å²) in [7, 11) is -3.84. The zero-order valence-corrected chi connectivity index (χ0v) is 15.0. The number of anilines is 1. The predicted molar refractivity (Wildman–Crippen MR) is 100 cm³/mol. The lowest BCUT2D eigenvalue weighted by Gasteiger charge is -2.18. The summed E-state index contributed by atoms with van der Waals surface area (Å²) in [6.07, 6.45) is 4.20. The number of amides is 1. The van der Waals surface area contributed by atoms with Crippen LogP contribution in [0.5, 0.6) is 5.75 Å². The van der Waals surface area contributed by atoms with E-state index in [1.54, 1.807) is 35.2 Å². The van der Waals surface area contributed by atoms with Gasteiger partial charge in [-0.25, -0.2) is 0 Å². The highest BCUT2D eigenvalue weighted by Gasteiger charge is 2.25. The molecule has 1 saturated heterocycles. The van der Waals surface area contributed by atoms with Crippen molar-refractivity contribution >= 4 is 27.8 Å². The van der Waals surface area contributed by atoms with Crippen molar-refractivity contribution in [2.75, 3.05) is 11.4 Å². The van der Waals surface area contributed by atoms with Gasteiger partial charge in [-0.05, 0) is 60.7 Å². The molecule has 2 aliphatic rings. The number of aryl methyl sites for hydroxylation is 1. The first-order valence-electron chi connectivity index (χ1n) is 8.66. The van der Waals surface area contributed by atoms with Crippen LogP contribution in [0.15, 0.2) is 53.4 Å². The number of rotatable bonds is 4. The quantitative estimate of drug-likeness (QED) is 0.774. The molecule has 1 amide bonds. The summed E-state index contributed by atoms with van der Waals surface area (Å²) in [5, 5.41) is 0. The lowest BCUT2D eigenvalue weighted by atomic mass is 9.98. The van der Waals surface area contributed by atoms with Gasteiger partial charge in [0.2, 0.25) is 5.91 Å². The third-order valence-electron chi connectivity index (χ3n) is 4.76. The Morgan fingerprint density at radius 2 is 1.69 bits per heavy atom. The summed E-state index contributed by atoms with van der Waals surface area (Å²) in [6.45, 7) is 0.698. The molecule has 0 aromatic heterocycles. The lowest BCUT2D eigenvalue weighted by Crippen LogP contribution is -2.23. The van der Waals surface area contributed by atoms with Gasteiger partial charge in [-0.15, -0.1) is 0 Å². The number of nitrogens with zero attached hydrogens (tertiary/aromatic N) is 1. The van der Waals surface area contributed by atoms with Crippen LogP contribution in [-0.2, 0) is 21.3 Å². The van der Waals surface area contributed by atoms with E-state index in [0.29, 0.717) is 25.8 Å². The molecule has 6 heteroatoms. The summed E-state index contributed by atoms with van der Waals surface area (Å²) < 4.78 is 30.5. The number of benzene rings is 2. The van der Waals surface area contributed by atoms with Gasteiger partial charge in [0.25, 0.3) is 0 Å². The summed E-state index contributed by atoms with van der Waals surface area (Å²) in [4.78, 5) is 13.8. The smallest absolute Gasteiger partial charge is 0.335 e. The van der Waals surface area contributed by atoms with Crippen molar-refractivity contribution in [2.24, 2.45) is 0 Å². The molecule has 26 heavy (non-hydrogen) atoms. The first-order chi connectivity index (χ1) is 12.5. The summed E-state index contributed by atoms with van der Waals surface area (Å²) in [5.41, 5.74) is 2.83. The Kier molecular flexibility index (Phi) is 4.28. The maximum absolute atomic E-state index is 12.6. The molecule has 1 aliphatic carbocycles. The standard InChI is InChI=1S/C20H19NO4S/c22-20-6-3-13-21(20)17-8-10-18(11-9-17)25-26(23,24)19-12-7-15-4-1-2-5-16(15)14-19/h1-2,4-5,8-11,14H,3,6-7,12-13H2. The molecule has 2 aromatic rings. The maximum atomic E-state index is 12.6. The first-order valence-corrected chi connectivity index (χ1v) is 10.1. The SMILES string of the molecule is O=C1CCCN1c1ccc(OS(=O)(=O)C2=Cc3ccccc3CC2)cc1.